The van der Waals surface area contributed by atoms with Gasteiger partial charge in [0.2, 0.25) is 0 Å². The maximum absolute atomic E-state index is 12.5. The Bertz CT molecular complexity index is 1600. The predicted octanol–water partition coefficient (Wildman–Crippen LogP) is 6.64. The SMILES string of the molecule is O=C(O)c1c2c(nc3ccccc13)C(=Cc1cccc3ccccc13)CN(Cc1ccccc1)C2. The molecule has 6 rings (SSSR count). The molecule has 4 aromatic carbocycles. The van der Waals surface area contributed by atoms with Gasteiger partial charge in [-0.3, -0.25) is 4.90 Å². The third kappa shape index (κ3) is 3.98. The van der Waals surface area contributed by atoms with Crippen LogP contribution in [0.25, 0.3) is 33.3 Å². The highest BCUT2D eigenvalue weighted by molar-refractivity contribution is 6.06. The Balaban J connectivity index is 1.57. The van der Waals surface area contributed by atoms with Crippen LogP contribution < -0.4 is 0 Å². The molecule has 0 radical (unpaired) electrons. The van der Waals surface area contributed by atoms with Crippen LogP contribution in [0.3, 0.4) is 0 Å². The van der Waals surface area contributed by atoms with Crippen molar-refractivity contribution in [3.63, 3.8) is 0 Å². The van der Waals surface area contributed by atoms with Crippen molar-refractivity contribution in [2.45, 2.75) is 13.1 Å². The second kappa shape index (κ2) is 8.82. The quantitative estimate of drug-likeness (QED) is 0.329. The molecule has 0 amide bonds. The first-order valence-electron chi connectivity index (χ1n) is 11.8. The number of rotatable bonds is 4. The van der Waals surface area contributed by atoms with E-state index in [1.165, 1.54) is 16.3 Å². The molecule has 5 aromatic rings. The van der Waals surface area contributed by atoms with Crippen molar-refractivity contribution < 1.29 is 9.90 Å². The summed E-state index contributed by atoms with van der Waals surface area (Å²) >= 11 is 0. The van der Waals surface area contributed by atoms with E-state index < -0.39 is 5.97 Å². The summed E-state index contributed by atoms with van der Waals surface area (Å²) in [6.45, 7) is 1.96. The predicted molar refractivity (Wildman–Crippen MR) is 141 cm³/mol. The molecule has 0 atom stereocenters. The number of hydrogen-bond donors (Lipinski definition) is 1. The van der Waals surface area contributed by atoms with Crippen LogP contribution in [0, 0.1) is 0 Å². The highest BCUT2D eigenvalue weighted by atomic mass is 16.4. The summed E-state index contributed by atoms with van der Waals surface area (Å²) in [6.07, 6.45) is 2.19. The van der Waals surface area contributed by atoms with E-state index in [0.29, 0.717) is 29.6 Å². The van der Waals surface area contributed by atoms with Gasteiger partial charge in [-0.2, -0.15) is 0 Å². The fourth-order valence-electron chi connectivity index (χ4n) is 5.14. The average molecular weight is 457 g/mol. The molecule has 2 heterocycles. The zero-order valence-corrected chi connectivity index (χ0v) is 19.2. The Morgan fingerprint density at radius 2 is 1.54 bits per heavy atom. The molecule has 1 aromatic heterocycles. The summed E-state index contributed by atoms with van der Waals surface area (Å²) in [6, 6.07) is 32.5. The van der Waals surface area contributed by atoms with E-state index in [2.05, 4.69) is 59.5 Å². The normalized spacial score (nSPS) is 14.9. The van der Waals surface area contributed by atoms with Crippen molar-refractivity contribution in [1.29, 1.82) is 0 Å². The van der Waals surface area contributed by atoms with Crippen LogP contribution in [0.5, 0.6) is 0 Å². The molecular formula is C31H24N2O2. The highest BCUT2D eigenvalue weighted by Gasteiger charge is 2.28. The molecule has 0 saturated heterocycles. The van der Waals surface area contributed by atoms with E-state index >= 15 is 0 Å². The van der Waals surface area contributed by atoms with Gasteiger partial charge in [-0.15, -0.1) is 0 Å². The number of carbonyl (C=O) groups is 1. The minimum Gasteiger partial charge on any atom is -0.478 e. The summed E-state index contributed by atoms with van der Waals surface area (Å²) in [5.74, 6) is -0.911. The van der Waals surface area contributed by atoms with Gasteiger partial charge in [-0.25, -0.2) is 9.78 Å². The number of fused-ring (bicyclic) bond motifs is 3. The molecule has 0 fully saturated rings. The first-order valence-corrected chi connectivity index (χ1v) is 11.8. The molecular weight excluding hydrogens is 432 g/mol. The number of benzene rings is 4. The molecule has 35 heavy (non-hydrogen) atoms. The number of nitrogens with zero attached hydrogens (tertiary/aromatic N) is 2. The van der Waals surface area contributed by atoms with Gasteiger partial charge in [-0.05, 0) is 39.6 Å². The zero-order valence-electron chi connectivity index (χ0n) is 19.2. The van der Waals surface area contributed by atoms with E-state index in [0.717, 1.165) is 28.9 Å². The van der Waals surface area contributed by atoms with Gasteiger partial charge >= 0.3 is 5.97 Å². The van der Waals surface area contributed by atoms with Crippen LogP contribution in [-0.4, -0.2) is 27.5 Å². The highest BCUT2D eigenvalue weighted by Crippen LogP contribution is 2.35. The largest absolute Gasteiger partial charge is 0.478 e. The molecule has 4 heteroatoms. The molecule has 0 saturated carbocycles. The molecule has 0 unspecified atom stereocenters. The van der Waals surface area contributed by atoms with Gasteiger partial charge in [0, 0.05) is 30.6 Å². The fourth-order valence-corrected chi connectivity index (χ4v) is 5.14. The number of pyridine rings is 1. The number of hydrogen-bond acceptors (Lipinski definition) is 3. The van der Waals surface area contributed by atoms with Crippen molar-refractivity contribution in [1.82, 2.24) is 9.88 Å². The van der Waals surface area contributed by atoms with Crippen LogP contribution in [-0.2, 0) is 13.1 Å². The van der Waals surface area contributed by atoms with Crippen molar-refractivity contribution >= 4 is 39.3 Å². The Morgan fingerprint density at radius 3 is 2.37 bits per heavy atom. The average Bonchev–Trinajstić information content (AvgIpc) is 2.88. The maximum atomic E-state index is 12.5. The number of para-hydroxylation sites is 1. The van der Waals surface area contributed by atoms with Crippen LogP contribution >= 0.6 is 0 Å². The lowest BCUT2D eigenvalue weighted by Gasteiger charge is -2.31. The van der Waals surface area contributed by atoms with Crippen LogP contribution in [0.4, 0.5) is 0 Å². The van der Waals surface area contributed by atoms with Gasteiger partial charge in [0.15, 0.2) is 0 Å². The summed E-state index contributed by atoms with van der Waals surface area (Å²) in [4.78, 5) is 19.8. The molecule has 4 nitrogen and oxygen atoms in total. The van der Waals surface area contributed by atoms with Crippen molar-refractivity contribution in [3.8, 4) is 0 Å². The van der Waals surface area contributed by atoms with Crippen LogP contribution in [0.2, 0.25) is 0 Å². The lowest BCUT2D eigenvalue weighted by molar-refractivity contribution is 0.0696. The van der Waals surface area contributed by atoms with E-state index in [4.69, 9.17) is 4.98 Å². The van der Waals surface area contributed by atoms with Gasteiger partial charge in [0.05, 0.1) is 16.8 Å². The minimum atomic E-state index is -0.911. The Hall–Kier alpha value is -4.28. The number of carboxylic acid groups (broad SMARTS) is 1. The van der Waals surface area contributed by atoms with Crippen LogP contribution in [0.15, 0.2) is 97.1 Å². The summed E-state index contributed by atoms with van der Waals surface area (Å²) in [5.41, 5.74) is 5.98. The van der Waals surface area contributed by atoms with Gasteiger partial charge < -0.3 is 5.11 Å². The van der Waals surface area contributed by atoms with Crippen molar-refractivity contribution in [3.05, 3.63) is 125 Å². The molecule has 0 bridgehead atoms. The molecule has 0 aliphatic carbocycles. The van der Waals surface area contributed by atoms with Gasteiger partial charge in [-0.1, -0.05) is 91.0 Å². The lowest BCUT2D eigenvalue weighted by atomic mass is 9.91. The third-order valence-electron chi connectivity index (χ3n) is 6.69. The smallest absolute Gasteiger partial charge is 0.336 e. The summed E-state index contributed by atoms with van der Waals surface area (Å²) in [7, 11) is 0. The summed E-state index contributed by atoms with van der Waals surface area (Å²) in [5, 5.41) is 13.3. The third-order valence-corrected chi connectivity index (χ3v) is 6.69. The molecule has 170 valence electrons. The first kappa shape index (κ1) is 21.3. The monoisotopic (exact) mass is 456 g/mol. The van der Waals surface area contributed by atoms with Gasteiger partial charge in [0.1, 0.15) is 0 Å². The van der Waals surface area contributed by atoms with E-state index in [-0.39, 0.29) is 0 Å². The van der Waals surface area contributed by atoms with Crippen LogP contribution in [0.1, 0.15) is 32.7 Å². The van der Waals surface area contributed by atoms with Crippen molar-refractivity contribution in [2.24, 2.45) is 0 Å². The fraction of sp³-hybridized carbons (Fsp3) is 0.0968. The Morgan fingerprint density at radius 1 is 0.829 bits per heavy atom. The molecule has 1 aliphatic rings. The zero-order chi connectivity index (χ0) is 23.8. The van der Waals surface area contributed by atoms with Crippen molar-refractivity contribution in [2.75, 3.05) is 6.54 Å². The minimum absolute atomic E-state index is 0.354. The molecule has 1 aliphatic heterocycles. The van der Waals surface area contributed by atoms with E-state index in [1.807, 2.05) is 48.5 Å². The Labute approximate surface area is 203 Å². The van der Waals surface area contributed by atoms with Gasteiger partial charge in [0.25, 0.3) is 0 Å². The number of aromatic nitrogens is 1. The maximum Gasteiger partial charge on any atom is 0.336 e. The number of aromatic carboxylic acids is 1. The van der Waals surface area contributed by atoms with E-state index in [9.17, 15) is 9.90 Å². The number of carboxylic acids is 1. The Kier molecular flexibility index (Phi) is 5.36. The molecule has 1 N–H and O–H groups in total. The molecule has 0 spiro atoms. The first-order chi connectivity index (χ1) is 17.2. The second-order valence-corrected chi connectivity index (χ2v) is 9.00. The lowest BCUT2D eigenvalue weighted by Crippen LogP contribution is -2.31. The standard InChI is InChI=1S/C31H24N2O2/c34-31(35)29-26-15-6-7-16-28(26)32-30-24(17-23-13-8-12-22-11-4-5-14-25(22)23)19-33(20-27(29)30)18-21-9-2-1-3-10-21/h1-17H,18-20H2,(H,34,35). The summed E-state index contributed by atoms with van der Waals surface area (Å²) < 4.78 is 0. The second-order valence-electron chi connectivity index (χ2n) is 9.00. The topological polar surface area (TPSA) is 53.4 Å². The van der Waals surface area contributed by atoms with E-state index in [1.54, 1.807) is 0 Å².